The van der Waals surface area contributed by atoms with Crippen molar-refractivity contribution in [3.05, 3.63) is 23.8 Å². The lowest BCUT2D eigenvalue weighted by atomic mass is 9.44. The number of fused-ring (bicyclic) bond motifs is 7. The lowest BCUT2D eigenvalue weighted by Crippen LogP contribution is -2.70. The summed E-state index contributed by atoms with van der Waals surface area (Å²) >= 11 is 0. The molecule has 1 N–H and O–H groups in total. The summed E-state index contributed by atoms with van der Waals surface area (Å²) < 4.78 is 35.8. The van der Waals surface area contributed by atoms with Crippen molar-refractivity contribution in [1.29, 1.82) is 0 Å². The fraction of sp³-hybridized carbons (Fsp3) is 0.750. The van der Waals surface area contributed by atoms with Crippen molar-refractivity contribution >= 4 is 17.5 Å². The minimum Gasteiger partial charge on any atom is -0.458 e. The maximum Gasteiger partial charge on any atom is 0.303 e. The number of esters is 1. The fourth-order valence-corrected chi connectivity index (χ4v) is 9.04. The Hall–Kier alpha value is -1.90. The summed E-state index contributed by atoms with van der Waals surface area (Å²) in [6, 6.07) is 0. The van der Waals surface area contributed by atoms with Gasteiger partial charge in [0.1, 0.15) is 0 Å². The molecule has 1 heterocycles. The lowest BCUT2D eigenvalue weighted by Gasteiger charge is -2.62. The number of hydrogen-bond acceptors (Lipinski definition) is 7. The Morgan fingerprint density at radius 1 is 1.22 bits per heavy atom. The predicted octanol–water partition coefficient (Wildman–Crippen LogP) is 3.52. The third-order valence-electron chi connectivity index (χ3n) is 10.7. The predicted molar refractivity (Wildman–Crippen MR) is 125 cm³/mol. The van der Waals surface area contributed by atoms with E-state index in [2.05, 4.69) is 0 Å². The van der Waals surface area contributed by atoms with E-state index in [1.807, 2.05) is 6.92 Å². The van der Waals surface area contributed by atoms with Gasteiger partial charge in [0.2, 0.25) is 5.78 Å². The molecule has 8 atom stereocenters. The molecule has 0 aromatic rings. The summed E-state index contributed by atoms with van der Waals surface area (Å²) in [6.07, 6.45) is 7.23. The number of ketones is 2. The molecular weight excluding hydrogens is 467 g/mol. The molecule has 4 saturated carbocycles. The third kappa shape index (κ3) is 2.81. The summed E-state index contributed by atoms with van der Waals surface area (Å²) in [5.41, 5.74) is -4.72. The molecule has 0 amide bonds. The van der Waals surface area contributed by atoms with Crippen LogP contribution in [-0.4, -0.2) is 58.5 Å². The molecule has 0 unspecified atom stereocenters. The van der Waals surface area contributed by atoms with Gasteiger partial charge in [0.25, 0.3) is 0 Å². The molecule has 8 heteroatoms. The van der Waals surface area contributed by atoms with Gasteiger partial charge < -0.3 is 19.3 Å². The molecule has 0 bridgehead atoms. The van der Waals surface area contributed by atoms with Gasteiger partial charge >= 0.3 is 5.97 Å². The second-order valence-corrected chi connectivity index (χ2v) is 12.3. The lowest BCUT2D eigenvalue weighted by molar-refractivity contribution is -0.253. The Bertz CT molecular complexity index is 1090. The van der Waals surface area contributed by atoms with Crippen LogP contribution in [0.15, 0.2) is 23.8 Å². The van der Waals surface area contributed by atoms with Crippen LogP contribution < -0.4 is 0 Å². The Morgan fingerprint density at radius 2 is 1.94 bits per heavy atom. The van der Waals surface area contributed by atoms with E-state index in [1.165, 1.54) is 19.1 Å². The van der Waals surface area contributed by atoms with Gasteiger partial charge in [0, 0.05) is 36.5 Å². The zero-order chi connectivity index (χ0) is 25.7. The highest BCUT2D eigenvalue weighted by Crippen LogP contribution is 2.73. The van der Waals surface area contributed by atoms with Crippen LogP contribution >= 0.6 is 0 Å². The topological polar surface area (TPSA) is 99.1 Å². The van der Waals surface area contributed by atoms with Crippen LogP contribution in [0, 0.1) is 22.7 Å². The summed E-state index contributed by atoms with van der Waals surface area (Å²) in [7, 11) is 0. The average Bonchev–Trinajstić information content (AvgIpc) is 3.47. The highest BCUT2D eigenvalue weighted by Gasteiger charge is 2.80. The van der Waals surface area contributed by atoms with Crippen LogP contribution in [0.1, 0.15) is 72.1 Å². The first-order valence-corrected chi connectivity index (χ1v) is 13.3. The molecule has 7 nitrogen and oxygen atoms in total. The normalized spacial score (nSPS) is 48.1. The number of carbonyl (C=O) groups is 3. The number of aliphatic hydroxyl groups is 1. The first-order chi connectivity index (χ1) is 16.9. The van der Waals surface area contributed by atoms with Crippen LogP contribution in [0.5, 0.6) is 0 Å². The summed E-state index contributed by atoms with van der Waals surface area (Å²) in [6.45, 7) is 4.52. The van der Waals surface area contributed by atoms with E-state index in [0.29, 0.717) is 37.7 Å². The molecule has 5 fully saturated rings. The van der Waals surface area contributed by atoms with Gasteiger partial charge in [0.05, 0.1) is 12.2 Å². The van der Waals surface area contributed by atoms with Gasteiger partial charge in [-0.05, 0) is 63.5 Å². The largest absolute Gasteiger partial charge is 0.458 e. The number of carbonyl (C=O) groups excluding carboxylic acids is 3. The standard InChI is InChI=1S/C28H35FO7/c1-16(30)34-15-22(33)28-23(35-26(36-28)9-4-5-10-26)13-20-19-7-6-17-12-18(31)8-11-24(17,2)27(19,29)21(32)14-25(20,28)3/h8,11-12,19-21,23,32H,4-7,9-10,13-15H2,1-3H3/t19-,20-,21+,23-,24+,25-,27-,28+/m1/s1. The van der Waals surface area contributed by atoms with Gasteiger partial charge in [-0.25, -0.2) is 4.39 Å². The monoisotopic (exact) mass is 502 g/mol. The minimum absolute atomic E-state index is 0.0110. The van der Waals surface area contributed by atoms with E-state index in [-0.39, 0.29) is 23.9 Å². The highest BCUT2D eigenvalue weighted by atomic mass is 19.1. The highest BCUT2D eigenvalue weighted by molar-refractivity contribution is 6.01. The van der Waals surface area contributed by atoms with Crippen molar-refractivity contribution in [1.82, 2.24) is 0 Å². The quantitative estimate of drug-likeness (QED) is 0.590. The third-order valence-corrected chi connectivity index (χ3v) is 10.7. The molecule has 36 heavy (non-hydrogen) atoms. The zero-order valence-electron chi connectivity index (χ0n) is 21.2. The Morgan fingerprint density at radius 3 is 2.64 bits per heavy atom. The SMILES string of the molecule is CC(=O)OCC(=O)[C@]12OC3(CCCC3)O[C@@H]1C[C@@H]1[C@H]3CCC4=CC(=O)C=C[C@]4(C)[C@]3(F)[C@@H](O)C[C@]12C. The first-order valence-electron chi connectivity index (χ1n) is 13.3. The van der Waals surface area contributed by atoms with Crippen LogP contribution in [0.25, 0.3) is 0 Å². The van der Waals surface area contributed by atoms with Crippen molar-refractivity contribution in [2.75, 3.05) is 6.61 Å². The number of alkyl halides is 1. The Kier molecular flexibility index (Phi) is 5.14. The van der Waals surface area contributed by atoms with Crippen molar-refractivity contribution in [3.8, 4) is 0 Å². The Labute approximate surface area is 210 Å². The van der Waals surface area contributed by atoms with Gasteiger partial charge in [0.15, 0.2) is 29.4 Å². The molecule has 0 radical (unpaired) electrons. The molecule has 0 aromatic carbocycles. The van der Waals surface area contributed by atoms with Crippen molar-refractivity contribution < 1.29 is 38.1 Å². The molecule has 6 rings (SSSR count). The maximum atomic E-state index is 17.4. The number of ether oxygens (including phenoxy) is 3. The Balaban J connectivity index is 1.44. The van der Waals surface area contributed by atoms with Crippen LogP contribution in [0.4, 0.5) is 4.39 Å². The number of Topliss-reactive ketones (excluding diaryl/α,β-unsaturated/α-hetero) is 1. The maximum absolute atomic E-state index is 17.4. The van der Waals surface area contributed by atoms with Gasteiger partial charge in [-0.1, -0.05) is 18.6 Å². The second kappa shape index (κ2) is 7.58. The number of aliphatic hydroxyl groups excluding tert-OH is 1. The minimum atomic E-state index is -2.00. The van der Waals surface area contributed by atoms with Gasteiger partial charge in [-0.3, -0.25) is 14.4 Å². The first kappa shape index (κ1) is 24.4. The van der Waals surface area contributed by atoms with Gasteiger partial charge in [-0.15, -0.1) is 0 Å². The van der Waals surface area contributed by atoms with E-state index in [0.717, 1.165) is 12.8 Å². The molecule has 1 aliphatic heterocycles. The van der Waals surface area contributed by atoms with Crippen molar-refractivity contribution in [2.24, 2.45) is 22.7 Å². The van der Waals surface area contributed by atoms with E-state index < -0.39 is 58.6 Å². The molecule has 5 aliphatic carbocycles. The second-order valence-electron chi connectivity index (χ2n) is 12.3. The van der Waals surface area contributed by atoms with Crippen molar-refractivity contribution in [2.45, 2.75) is 101 Å². The van der Waals surface area contributed by atoms with Crippen LogP contribution in [0.3, 0.4) is 0 Å². The molecule has 6 aliphatic rings. The van der Waals surface area contributed by atoms with Crippen molar-refractivity contribution in [3.63, 3.8) is 0 Å². The molecule has 196 valence electrons. The molecule has 0 aromatic heterocycles. The summed E-state index contributed by atoms with van der Waals surface area (Å²) in [5, 5.41) is 11.6. The number of hydrogen-bond donors (Lipinski definition) is 1. The van der Waals surface area contributed by atoms with E-state index in [4.69, 9.17) is 14.2 Å². The van der Waals surface area contributed by atoms with Crippen LogP contribution in [-0.2, 0) is 28.6 Å². The zero-order valence-corrected chi connectivity index (χ0v) is 21.2. The summed E-state index contributed by atoms with van der Waals surface area (Å²) in [4.78, 5) is 37.5. The number of allylic oxidation sites excluding steroid dienone is 4. The smallest absolute Gasteiger partial charge is 0.303 e. The average molecular weight is 503 g/mol. The number of halogens is 1. The summed E-state index contributed by atoms with van der Waals surface area (Å²) in [5.74, 6) is -2.80. The fourth-order valence-electron chi connectivity index (χ4n) is 9.04. The van der Waals surface area contributed by atoms with Crippen LogP contribution in [0.2, 0.25) is 0 Å². The van der Waals surface area contributed by atoms with E-state index in [1.54, 1.807) is 13.0 Å². The molecule has 1 saturated heterocycles. The number of rotatable bonds is 3. The van der Waals surface area contributed by atoms with Gasteiger partial charge in [-0.2, -0.15) is 0 Å². The molecular formula is C28H35FO7. The van der Waals surface area contributed by atoms with E-state index in [9.17, 15) is 19.5 Å². The van der Waals surface area contributed by atoms with E-state index >= 15 is 4.39 Å². The molecule has 1 spiro atoms.